The summed E-state index contributed by atoms with van der Waals surface area (Å²) in [5.41, 5.74) is 2.94. The SMILES string of the molecule is [2H]C([2H])([2H])OC1(C)CC(Cn2c(-c3cc4cccnc4n3CC3CC3)nc3cc(C(=O)OC)cc(OC)c32)C1. The Morgan fingerprint density at radius 2 is 1.97 bits per heavy atom. The van der Waals surface area contributed by atoms with E-state index in [1.807, 2.05) is 19.2 Å². The fourth-order valence-electron chi connectivity index (χ4n) is 5.64. The predicted octanol–water partition coefficient (Wildman–Crippen LogP) is 5.07. The lowest BCUT2D eigenvalue weighted by molar-refractivity contribution is -0.0937. The summed E-state index contributed by atoms with van der Waals surface area (Å²) >= 11 is 0. The molecule has 3 aromatic heterocycles. The molecule has 2 aliphatic carbocycles. The fraction of sp³-hybridized carbons (Fsp3) is 0.464. The molecule has 0 unspecified atom stereocenters. The minimum atomic E-state index is -2.43. The van der Waals surface area contributed by atoms with Crippen molar-refractivity contribution in [1.29, 1.82) is 0 Å². The van der Waals surface area contributed by atoms with E-state index >= 15 is 0 Å². The largest absolute Gasteiger partial charge is 0.494 e. The Balaban J connectivity index is 1.49. The maximum absolute atomic E-state index is 12.4. The minimum absolute atomic E-state index is 0.179. The number of carbonyl (C=O) groups excluding carboxylic acids is 1. The zero-order chi connectivity index (χ0) is 27.5. The number of hydrogen-bond donors (Lipinski definition) is 0. The number of rotatable bonds is 8. The highest BCUT2D eigenvalue weighted by molar-refractivity contribution is 5.97. The summed E-state index contributed by atoms with van der Waals surface area (Å²) in [4.78, 5) is 22.2. The van der Waals surface area contributed by atoms with Crippen molar-refractivity contribution in [3.05, 3.63) is 42.1 Å². The van der Waals surface area contributed by atoms with E-state index in [2.05, 4.69) is 26.3 Å². The molecule has 36 heavy (non-hydrogen) atoms. The van der Waals surface area contributed by atoms with Crippen molar-refractivity contribution >= 4 is 28.0 Å². The number of aromatic nitrogens is 4. The highest BCUT2D eigenvalue weighted by atomic mass is 16.5. The number of methoxy groups -OCH3 is 3. The molecule has 1 aromatic carbocycles. The number of imidazole rings is 1. The highest BCUT2D eigenvalue weighted by Crippen LogP contribution is 2.44. The average Bonchev–Trinajstić information content (AvgIpc) is 3.52. The smallest absolute Gasteiger partial charge is 0.338 e. The Kier molecular flexibility index (Phi) is 4.73. The van der Waals surface area contributed by atoms with Crippen LogP contribution in [0.2, 0.25) is 0 Å². The molecule has 0 amide bonds. The van der Waals surface area contributed by atoms with Gasteiger partial charge in [0.2, 0.25) is 0 Å². The quantitative estimate of drug-likeness (QED) is 0.320. The van der Waals surface area contributed by atoms with E-state index < -0.39 is 18.6 Å². The van der Waals surface area contributed by atoms with E-state index in [0.29, 0.717) is 42.1 Å². The molecule has 3 heterocycles. The third-order valence-corrected chi connectivity index (χ3v) is 7.60. The highest BCUT2D eigenvalue weighted by Gasteiger charge is 2.41. The van der Waals surface area contributed by atoms with Gasteiger partial charge in [0, 0.05) is 31.7 Å². The lowest BCUT2D eigenvalue weighted by Crippen LogP contribution is -2.44. The van der Waals surface area contributed by atoms with Gasteiger partial charge in [-0.2, -0.15) is 0 Å². The third-order valence-electron chi connectivity index (χ3n) is 7.60. The molecule has 6 rings (SSSR count). The zero-order valence-electron chi connectivity index (χ0n) is 23.8. The van der Waals surface area contributed by atoms with E-state index in [1.54, 1.807) is 19.2 Å². The topological polar surface area (TPSA) is 80.4 Å². The van der Waals surface area contributed by atoms with Crippen LogP contribution in [-0.4, -0.2) is 51.9 Å². The monoisotopic (exact) mass is 491 g/mol. The summed E-state index contributed by atoms with van der Waals surface area (Å²) in [5, 5.41) is 1.04. The van der Waals surface area contributed by atoms with Crippen LogP contribution in [0, 0.1) is 11.8 Å². The molecular weight excluding hydrogens is 456 g/mol. The van der Waals surface area contributed by atoms with Crippen LogP contribution >= 0.6 is 0 Å². The van der Waals surface area contributed by atoms with Crippen LogP contribution in [0.3, 0.4) is 0 Å². The molecule has 0 N–H and O–H groups in total. The summed E-state index contributed by atoms with van der Waals surface area (Å²) in [6.45, 7) is 3.31. The molecule has 188 valence electrons. The summed E-state index contributed by atoms with van der Waals surface area (Å²) in [6.07, 6.45) is 5.43. The Hall–Kier alpha value is -3.39. The number of hydrogen-bond acceptors (Lipinski definition) is 6. The van der Waals surface area contributed by atoms with Crippen molar-refractivity contribution in [3.8, 4) is 17.3 Å². The number of pyridine rings is 1. The standard InChI is InChI=1S/C28H32N4O4/c1-28(36-4)13-18(14-28)16-32-24-21(10-20(27(33)35-3)12-23(24)34-2)30-26(32)22-11-19-6-5-9-29-25(19)31(22)15-17-7-8-17/h5-6,9-12,17-18H,7-8,13-16H2,1-4H3/i4D3. The first-order valence-corrected chi connectivity index (χ1v) is 12.4. The number of ether oxygens (including phenoxy) is 3. The van der Waals surface area contributed by atoms with E-state index in [9.17, 15) is 4.79 Å². The predicted molar refractivity (Wildman–Crippen MR) is 137 cm³/mol. The summed E-state index contributed by atoms with van der Waals surface area (Å²) in [6, 6.07) is 9.53. The summed E-state index contributed by atoms with van der Waals surface area (Å²) in [5.74, 6) is 1.61. The molecule has 8 heteroatoms. The maximum Gasteiger partial charge on any atom is 0.338 e. The third kappa shape index (κ3) is 3.84. The van der Waals surface area contributed by atoms with Gasteiger partial charge in [0.25, 0.3) is 0 Å². The van der Waals surface area contributed by atoms with Crippen LogP contribution in [0.15, 0.2) is 36.5 Å². The van der Waals surface area contributed by atoms with Gasteiger partial charge in [0.15, 0.2) is 5.82 Å². The molecule has 4 aromatic rings. The Bertz CT molecular complexity index is 1560. The summed E-state index contributed by atoms with van der Waals surface area (Å²) in [7, 11) is 0.490. The van der Waals surface area contributed by atoms with Crippen LogP contribution in [0.25, 0.3) is 33.6 Å². The lowest BCUT2D eigenvalue weighted by Gasteiger charge is -2.44. The van der Waals surface area contributed by atoms with E-state index in [0.717, 1.165) is 34.6 Å². The first-order valence-electron chi connectivity index (χ1n) is 13.9. The Labute approximate surface area is 214 Å². The van der Waals surface area contributed by atoms with Crippen LogP contribution < -0.4 is 4.74 Å². The first kappa shape index (κ1) is 19.8. The fourth-order valence-corrected chi connectivity index (χ4v) is 5.64. The number of carbonyl (C=O) groups is 1. The van der Waals surface area contributed by atoms with Crippen molar-refractivity contribution in [1.82, 2.24) is 19.1 Å². The van der Waals surface area contributed by atoms with E-state index in [1.165, 1.54) is 20.0 Å². The van der Waals surface area contributed by atoms with Crippen molar-refractivity contribution in [2.45, 2.75) is 51.3 Å². The van der Waals surface area contributed by atoms with Crippen molar-refractivity contribution in [3.63, 3.8) is 0 Å². The van der Waals surface area contributed by atoms with Crippen LogP contribution in [0.4, 0.5) is 0 Å². The number of esters is 1. The second kappa shape index (κ2) is 8.62. The van der Waals surface area contributed by atoms with Gasteiger partial charge in [-0.15, -0.1) is 0 Å². The van der Waals surface area contributed by atoms with Gasteiger partial charge in [0.05, 0.1) is 40.7 Å². The number of nitrogens with zero attached hydrogens (tertiary/aromatic N) is 4. The van der Waals surface area contributed by atoms with E-state index in [4.69, 9.17) is 23.3 Å². The van der Waals surface area contributed by atoms with Gasteiger partial charge < -0.3 is 23.3 Å². The molecular formula is C28H32N4O4. The molecule has 2 saturated carbocycles. The average molecular weight is 492 g/mol. The van der Waals surface area contributed by atoms with Gasteiger partial charge in [-0.25, -0.2) is 14.8 Å². The van der Waals surface area contributed by atoms with Crippen molar-refractivity contribution < 1.29 is 23.1 Å². The molecule has 2 aliphatic rings. The first-order chi connectivity index (χ1) is 18.6. The second-order valence-electron chi connectivity index (χ2n) is 10.4. The van der Waals surface area contributed by atoms with Gasteiger partial charge in [0.1, 0.15) is 16.9 Å². The molecule has 0 radical (unpaired) electrons. The maximum atomic E-state index is 12.4. The molecule has 8 nitrogen and oxygen atoms in total. The van der Waals surface area contributed by atoms with Gasteiger partial charge in [-0.05, 0) is 74.8 Å². The second-order valence-corrected chi connectivity index (χ2v) is 10.4. The number of benzene rings is 1. The molecule has 0 atom stereocenters. The lowest BCUT2D eigenvalue weighted by atomic mass is 9.72. The van der Waals surface area contributed by atoms with Crippen molar-refractivity contribution in [2.24, 2.45) is 11.8 Å². The van der Waals surface area contributed by atoms with Crippen molar-refractivity contribution in [2.75, 3.05) is 21.3 Å². The normalized spacial score (nSPS) is 23.2. The van der Waals surface area contributed by atoms with Crippen LogP contribution in [0.5, 0.6) is 5.75 Å². The van der Waals surface area contributed by atoms with Gasteiger partial charge in [-0.1, -0.05) is 0 Å². The van der Waals surface area contributed by atoms with Crippen LogP contribution in [-0.2, 0) is 22.6 Å². The minimum Gasteiger partial charge on any atom is -0.494 e. The molecule has 0 aliphatic heterocycles. The van der Waals surface area contributed by atoms with Crippen LogP contribution in [0.1, 0.15) is 47.1 Å². The number of fused-ring (bicyclic) bond motifs is 2. The van der Waals surface area contributed by atoms with Gasteiger partial charge in [-0.3, -0.25) is 0 Å². The Morgan fingerprint density at radius 1 is 1.17 bits per heavy atom. The Morgan fingerprint density at radius 3 is 2.69 bits per heavy atom. The van der Waals surface area contributed by atoms with E-state index in [-0.39, 0.29) is 5.92 Å². The van der Waals surface area contributed by atoms with Gasteiger partial charge >= 0.3 is 5.97 Å². The molecule has 0 saturated heterocycles. The molecule has 0 bridgehead atoms. The summed E-state index contributed by atoms with van der Waals surface area (Å²) < 4.78 is 43.1. The molecule has 2 fully saturated rings. The zero-order valence-corrected chi connectivity index (χ0v) is 20.8. The molecule has 0 spiro atoms.